The summed E-state index contributed by atoms with van der Waals surface area (Å²) in [6.07, 6.45) is 0. The number of anilines is 1. The van der Waals surface area contributed by atoms with Crippen molar-refractivity contribution in [1.29, 1.82) is 0 Å². The summed E-state index contributed by atoms with van der Waals surface area (Å²) < 4.78 is 5.11. The van der Waals surface area contributed by atoms with E-state index in [-0.39, 0.29) is 11.4 Å². The lowest BCUT2D eigenvalue weighted by Crippen LogP contribution is -2.49. The normalized spacial score (nSPS) is 16.8. The zero-order valence-electron chi connectivity index (χ0n) is 9.93. The van der Waals surface area contributed by atoms with Crippen molar-refractivity contribution in [2.75, 3.05) is 25.1 Å². The van der Waals surface area contributed by atoms with E-state index >= 15 is 0 Å². The highest BCUT2D eigenvalue weighted by molar-refractivity contribution is 6.35. The van der Waals surface area contributed by atoms with Crippen molar-refractivity contribution in [2.45, 2.75) is 6.92 Å². The molecule has 0 aliphatic carbocycles. The summed E-state index contributed by atoms with van der Waals surface area (Å²) in [5, 5.41) is 6.45. The number of rotatable bonds is 3. The minimum Gasteiger partial charge on any atom is -0.380 e. The number of urea groups is 1. The molecule has 98 valence electrons. The van der Waals surface area contributed by atoms with Gasteiger partial charge in [-0.25, -0.2) is 4.79 Å². The standard InChI is InChI=1S/C12H14Cl2N2O2/c1-12(6-18-7-12)5-15-11(17)16-10-3-8(13)2-9(14)4-10/h2-4H,5-7H2,1H3,(H2,15,16,17). The summed E-state index contributed by atoms with van der Waals surface area (Å²) in [5.74, 6) is 0. The lowest BCUT2D eigenvalue weighted by atomic mass is 9.89. The first kappa shape index (κ1) is 13.5. The summed E-state index contributed by atoms with van der Waals surface area (Å²) in [4.78, 5) is 11.7. The third-order valence-corrected chi connectivity index (χ3v) is 3.13. The lowest BCUT2D eigenvalue weighted by Gasteiger charge is -2.37. The quantitative estimate of drug-likeness (QED) is 0.898. The minimum absolute atomic E-state index is 0.0450. The van der Waals surface area contributed by atoms with E-state index in [1.54, 1.807) is 18.2 Å². The van der Waals surface area contributed by atoms with Crippen LogP contribution in [0.3, 0.4) is 0 Å². The number of benzene rings is 1. The molecule has 18 heavy (non-hydrogen) atoms. The molecule has 1 heterocycles. The van der Waals surface area contributed by atoms with Crippen molar-refractivity contribution in [3.8, 4) is 0 Å². The fraction of sp³-hybridized carbons (Fsp3) is 0.417. The fourth-order valence-electron chi connectivity index (χ4n) is 1.65. The van der Waals surface area contributed by atoms with Crippen molar-refractivity contribution >= 4 is 34.9 Å². The van der Waals surface area contributed by atoms with Gasteiger partial charge >= 0.3 is 6.03 Å². The molecule has 4 nitrogen and oxygen atoms in total. The third kappa shape index (κ3) is 3.51. The van der Waals surface area contributed by atoms with Crippen LogP contribution >= 0.6 is 23.2 Å². The Morgan fingerprint density at radius 3 is 2.44 bits per heavy atom. The number of carbonyl (C=O) groups is 1. The molecule has 1 aliphatic rings. The highest BCUT2D eigenvalue weighted by atomic mass is 35.5. The number of carbonyl (C=O) groups excluding carboxylic acids is 1. The van der Waals surface area contributed by atoms with Gasteiger partial charge in [-0.2, -0.15) is 0 Å². The Labute approximate surface area is 116 Å². The topological polar surface area (TPSA) is 50.4 Å². The molecule has 1 aromatic carbocycles. The van der Waals surface area contributed by atoms with Crippen molar-refractivity contribution in [3.63, 3.8) is 0 Å². The third-order valence-electron chi connectivity index (χ3n) is 2.70. The first-order valence-corrected chi connectivity index (χ1v) is 6.31. The molecular weight excluding hydrogens is 275 g/mol. The average molecular weight is 289 g/mol. The van der Waals surface area contributed by atoms with Gasteiger partial charge in [-0.1, -0.05) is 30.1 Å². The summed E-state index contributed by atoms with van der Waals surface area (Å²) in [6, 6.07) is 4.61. The Morgan fingerprint density at radius 1 is 1.33 bits per heavy atom. The van der Waals surface area contributed by atoms with Crippen LogP contribution < -0.4 is 10.6 Å². The minimum atomic E-state index is -0.276. The van der Waals surface area contributed by atoms with Gasteiger partial charge in [0.25, 0.3) is 0 Å². The number of nitrogens with one attached hydrogen (secondary N) is 2. The Bertz CT molecular complexity index is 441. The molecule has 0 aromatic heterocycles. The summed E-state index contributed by atoms with van der Waals surface area (Å²) in [6.45, 7) is 3.99. The van der Waals surface area contributed by atoms with Crippen molar-refractivity contribution in [1.82, 2.24) is 5.32 Å². The van der Waals surface area contributed by atoms with E-state index in [0.29, 0.717) is 35.5 Å². The first-order valence-electron chi connectivity index (χ1n) is 5.56. The Balaban J connectivity index is 1.86. The Kier molecular flexibility index (Phi) is 4.00. The van der Waals surface area contributed by atoms with Gasteiger partial charge in [0, 0.05) is 27.7 Å². The van der Waals surface area contributed by atoms with Crippen molar-refractivity contribution < 1.29 is 9.53 Å². The van der Waals surface area contributed by atoms with Crippen LogP contribution in [0.5, 0.6) is 0 Å². The summed E-state index contributed by atoms with van der Waals surface area (Å²) in [5.41, 5.74) is 0.614. The average Bonchev–Trinajstić information content (AvgIpc) is 2.22. The molecule has 2 rings (SSSR count). The summed E-state index contributed by atoms with van der Waals surface area (Å²) in [7, 11) is 0. The van der Waals surface area contributed by atoms with Gasteiger partial charge in [-0.3, -0.25) is 0 Å². The van der Waals surface area contributed by atoms with Crippen LogP contribution in [-0.2, 0) is 4.74 Å². The maximum Gasteiger partial charge on any atom is 0.319 e. The second-order valence-corrected chi connectivity index (χ2v) is 5.64. The first-order chi connectivity index (χ1) is 8.47. The van der Waals surface area contributed by atoms with Gasteiger partial charge < -0.3 is 15.4 Å². The highest BCUT2D eigenvalue weighted by Gasteiger charge is 2.33. The predicted molar refractivity (Wildman–Crippen MR) is 72.4 cm³/mol. The van der Waals surface area contributed by atoms with E-state index in [1.165, 1.54) is 0 Å². The molecule has 1 aliphatic heterocycles. The van der Waals surface area contributed by atoms with E-state index in [0.717, 1.165) is 0 Å². The van der Waals surface area contributed by atoms with Gasteiger partial charge in [0.2, 0.25) is 0 Å². The van der Waals surface area contributed by atoms with Crippen LogP contribution in [0, 0.1) is 5.41 Å². The van der Waals surface area contributed by atoms with E-state index in [4.69, 9.17) is 27.9 Å². The molecule has 2 amide bonds. The molecule has 2 N–H and O–H groups in total. The second-order valence-electron chi connectivity index (χ2n) is 4.77. The van der Waals surface area contributed by atoms with Crippen LogP contribution in [0.25, 0.3) is 0 Å². The molecule has 6 heteroatoms. The summed E-state index contributed by atoms with van der Waals surface area (Å²) >= 11 is 11.7. The van der Waals surface area contributed by atoms with Gasteiger partial charge in [-0.15, -0.1) is 0 Å². The molecule has 1 aromatic rings. The van der Waals surface area contributed by atoms with Crippen LogP contribution in [0.4, 0.5) is 10.5 Å². The van der Waals surface area contributed by atoms with Crippen LogP contribution in [-0.4, -0.2) is 25.8 Å². The monoisotopic (exact) mass is 288 g/mol. The maximum absolute atomic E-state index is 11.7. The zero-order chi connectivity index (χ0) is 13.2. The number of halogens is 2. The molecule has 0 saturated carbocycles. The van der Waals surface area contributed by atoms with Gasteiger partial charge in [0.05, 0.1) is 13.2 Å². The SMILES string of the molecule is CC1(CNC(=O)Nc2cc(Cl)cc(Cl)c2)COC1. The van der Waals surface area contributed by atoms with E-state index in [1.807, 2.05) is 0 Å². The zero-order valence-corrected chi connectivity index (χ0v) is 11.4. The van der Waals surface area contributed by atoms with Crippen molar-refractivity contribution in [3.05, 3.63) is 28.2 Å². The molecule has 0 unspecified atom stereocenters. The molecule has 1 saturated heterocycles. The van der Waals surface area contributed by atoms with Crippen LogP contribution in [0.1, 0.15) is 6.92 Å². The van der Waals surface area contributed by atoms with Gasteiger partial charge in [0.15, 0.2) is 0 Å². The van der Waals surface area contributed by atoms with E-state index in [9.17, 15) is 4.79 Å². The fourth-order valence-corrected chi connectivity index (χ4v) is 2.17. The largest absolute Gasteiger partial charge is 0.380 e. The Hall–Kier alpha value is -0.970. The van der Waals surface area contributed by atoms with E-state index < -0.39 is 0 Å². The van der Waals surface area contributed by atoms with Crippen molar-refractivity contribution in [2.24, 2.45) is 5.41 Å². The van der Waals surface area contributed by atoms with Crippen LogP contribution in [0.2, 0.25) is 10.0 Å². The second kappa shape index (κ2) is 5.34. The Morgan fingerprint density at radius 2 is 1.94 bits per heavy atom. The van der Waals surface area contributed by atoms with E-state index in [2.05, 4.69) is 17.6 Å². The maximum atomic E-state index is 11.7. The number of hydrogen-bond acceptors (Lipinski definition) is 2. The highest BCUT2D eigenvalue weighted by Crippen LogP contribution is 2.25. The number of ether oxygens (including phenoxy) is 1. The number of amides is 2. The molecule has 0 atom stereocenters. The lowest BCUT2D eigenvalue weighted by molar-refractivity contribution is -0.0974. The smallest absolute Gasteiger partial charge is 0.319 e. The molecule has 0 spiro atoms. The molecular formula is C12H14Cl2N2O2. The van der Waals surface area contributed by atoms with Gasteiger partial charge in [0.1, 0.15) is 0 Å². The van der Waals surface area contributed by atoms with Gasteiger partial charge in [-0.05, 0) is 18.2 Å². The van der Waals surface area contributed by atoms with Crippen LogP contribution in [0.15, 0.2) is 18.2 Å². The predicted octanol–water partition coefficient (Wildman–Crippen LogP) is 3.15. The molecule has 0 bridgehead atoms. The number of hydrogen-bond donors (Lipinski definition) is 2. The molecule has 0 radical (unpaired) electrons. The molecule has 1 fully saturated rings.